The number of aryl methyl sites for hydroxylation is 1. The van der Waals surface area contributed by atoms with E-state index in [0.717, 1.165) is 22.8 Å². The Labute approximate surface area is 147 Å². The molecule has 2 aromatic rings. The number of amides is 2. The highest BCUT2D eigenvalue weighted by Gasteiger charge is 2.37. The van der Waals surface area contributed by atoms with Crippen LogP contribution in [0.2, 0.25) is 6.04 Å². The van der Waals surface area contributed by atoms with Gasteiger partial charge >= 0.3 is 8.80 Å². The maximum atomic E-state index is 12.4. The van der Waals surface area contributed by atoms with Crippen LogP contribution in [0.1, 0.15) is 32.7 Å². The lowest BCUT2D eigenvalue weighted by Crippen LogP contribution is -2.42. The fraction of sp³-hybridized carbons (Fsp3) is 0.333. The molecule has 0 fully saturated rings. The van der Waals surface area contributed by atoms with Gasteiger partial charge in [0.2, 0.25) is 0 Å². The fourth-order valence-electron chi connectivity index (χ4n) is 3.36. The van der Waals surface area contributed by atoms with Gasteiger partial charge in [0.15, 0.2) is 0 Å². The van der Waals surface area contributed by atoms with E-state index in [2.05, 4.69) is 5.32 Å². The first kappa shape index (κ1) is 17.8. The Kier molecular flexibility index (Phi) is 5.00. The Morgan fingerprint density at radius 3 is 2.36 bits per heavy atom. The number of imide groups is 1. The van der Waals surface area contributed by atoms with Crippen LogP contribution >= 0.6 is 0 Å². The summed E-state index contributed by atoms with van der Waals surface area (Å²) in [5.41, 5.74) is 2.05. The van der Waals surface area contributed by atoms with Crippen molar-refractivity contribution in [2.24, 2.45) is 0 Å². The van der Waals surface area contributed by atoms with Crippen LogP contribution in [-0.2, 0) is 19.7 Å². The van der Waals surface area contributed by atoms with E-state index in [1.54, 1.807) is 27.4 Å². The molecule has 2 aromatic carbocycles. The molecule has 0 bridgehead atoms. The zero-order chi connectivity index (χ0) is 18.0. The summed E-state index contributed by atoms with van der Waals surface area (Å²) < 4.78 is 16.3. The molecule has 0 atom stereocenters. The van der Waals surface area contributed by atoms with E-state index in [1.807, 2.05) is 24.3 Å². The second kappa shape index (κ2) is 7.05. The summed E-state index contributed by atoms with van der Waals surface area (Å²) in [5, 5.41) is 4.07. The lowest BCUT2D eigenvalue weighted by molar-refractivity contribution is 0.0844. The van der Waals surface area contributed by atoms with Gasteiger partial charge in [0.25, 0.3) is 11.8 Å². The SMILES string of the molecule is CO[Si](CCCc1ccc2cccc3c2c1C(=O)NC3=O)(OC)OC. The number of carbonyl (C=O) groups is 2. The molecule has 1 aliphatic rings. The molecule has 2 amide bonds. The molecule has 0 aliphatic carbocycles. The molecule has 3 rings (SSSR count). The zero-order valence-corrected chi connectivity index (χ0v) is 15.5. The van der Waals surface area contributed by atoms with Crippen molar-refractivity contribution >= 4 is 31.4 Å². The smallest absolute Gasteiger partial charge is 0.377 e. The van der Waals surface area contributed by atoms with Gasteiger partial charge in [0.05, 0.1) is 5.56 Å². The van der Waals surface area contributed by atoms with Gasteiger partial charge in [-0.05, 0) is 29.9 Å². The summed E-state index contributed by atoms with van der Waals surface area (Å²) in [6.45, 7) is 0. The van der Waals surface area contributed by atoms with Crippen molar-refractivity contribution in [3.63, 3.8) is 0 Å². The molecule has 0 radical (unpaired) electrons. The molecule has 25 heavy (non-hydrogen) atoms. The van der Waals surface area contributed by atoms with Gasteiger partial charge in [-0.2, -0.15) is 0 Å². The summed E-state index contributed by atoms with van der Waals surface area (Å²) in [5.74, 6) is -0.678. The van der Waals surface area contributed by atoms with Gasteiger partial charge in [0, 0.05) is 38.3 Å². The van der Waals surface area contributed by atoms with Crippen molar-refractivity contribution in [3.05, 3.63) is 47.0 Å². The van der Waals surface area contributed by atoms with Crippen LogP contribution in [0, 0.1) is 0 Å². The summed E-state index contributed by atoms with van der Waals surface area (Å²) >= 11 is 0. The molecule has 0 saturated heterocycles. The van der Waals surface area contributed by atoms with Crippen molar-refractivity contribution < 1.29 is 22.9 Å². The quantitative estimate of drug-likeness (QED) is 0.607. The molecule has 7 heteroatoms. The third-order valence-electron chi connectivity index (χ3n) is 4.69. The van der Waals surface area contributed by atoms with Crippen LogP contribution in [0.25, 0.3) is 10.8 Å². The van der Waals surface area contributed by atoms with Crippen LogP contribution in [-0.4, -0.2) is 41.9 Å². The van der Waals surface area contributed by atoms with Crippen molar-refractivity contribution in [1.82, 2.24) is 5.32 Å². The van der Waals surface area contributed by atoms with Crippen LogP contribution in [0.4, 0.5) is 0 Å². The van der Waals surface area contributed by atoms with Crippen molar-refractivity contribution in [2.75, 3.05) is 21.3 Å². The minimum atomic E-state index is -2.63. The van der Waals surface area contributed by atoms with Crippen molar-refractivity contribution in [1.29, 1.82) is 0 Å². The van der Waals surface area contributed by atoms with Crippen molar-refractivity contribution in [3.8, 4) is 0 Å². The Hall–Kier alpha value is -2.06. The van der Waals surface area contributed by atoms with E-state index in [9.17, 15) is 9.59 Å². The van der Waals surface area contributed by atoms with Gasteiger partial charge in [0.1, 0.15) is 0 Å². The number of rotatable bonds is 7. The summed E-state index contributed by atoms with van der Waals surface area (Å²) in [6, 6.07) is 10.0. The Morgan fingerprint density at radius 2 is 1.68 bits per heavy atom. The predicted octanol–water partition coefficient (Wildman–Crippen LogP) is 2.53. The summed E-state index contributed by atoms with van der Waals surface area (Å²) in [4.78, 5) is 24.5. The second-order valence-electron chi connectivity index (χ2n) is 5.94. The van der Waals surface area contributed by atoms with E-state index in [0.29, 0.717) is 23.6 Å². The molecule has 132 valence electrons. The molecule has 1 heterocycles. The zero-order valence-electron chi connectivity index (χ0n) is 14.5. The Balaban J connectivity index is 1.93. The van der Waals surface area contributed by atoms with E-state index in [1.165, 1.54) is 0 Å². The largest absolute Gasteiger partial charge is 0.500 e. The standard InChI is InChI=1S/C18H21NO5Si/c1-22-25(23-2,24-3)11-5-7-13-10-9-12-6-4-8-14-15(12)16(13)18(21)19-17(14)20/h4,6,8-10H,5,7,11H2,1-3H3,(H,19,20,21). The number of hydrogen-bond donors (Lipinski definition) is 1. The Morgan fingerprint density at radius 1 is 0.960 bits per heavy atom. The van der Waals surface area contributed by atoms with Crippen LogP contribution in [0.3, 0.4) is 0 Å². The highest BCUT2D eigenvalue weighted by Crippen LogP contribution is 2.30. The highest BCUT2D eigenvalue weighted by atomic mass is 28.4. The molecular weight excluding hydrogens is 338 g/mol. The minimum Gasteiger partial charge on any atom is -0.377 e. The minimum absolute atomic E-state index is 0.335. The predicted molar refractivity (Wildman–Crippen MR) is 95.7 cm³/mol. The molecule has 1 N–H and O–H groups in total. The average Bonchev–Trinajstić information content (AvgIpc) is 2.64. The molecule has 0 saturated carbocycles. The van der Waals surface area contributed by atoms with Gasteiger partial charge < -0.3 is 13.3 Å². The third kappa shape index (κ3) is 3.11. The van der Waals surface area contributed by atoms with E-state index >= 15 is 0 Å². The van der Waals surface area contributed by atoms with Crippen LogP contribution in [0.5, 0.6) is 0 Å². The van der Waals surface area contributed by atoms with Gasteiger partial charge in [-0.1, -0.05) is 24.3 Å². The molecular formula is C18H21NO5Si. The first-order valence-electron chi connectivity index (χ1n) is 8.11. The normalized spacial score (nSPS) is 14.0. The lowest BCUT2D eigenvalue weighted by atomic mass is 9.90. The average molecular weight is 359 g/mol. The fourth-order valence-corrected chi connectivity index (χ4v) is 5.09. The maximum Gasteiger partial charge on any atom is 0.500 e. The lowest BCUT2D eigenvalue weighted by Gasteiger charge is -2.24. The first-order chi connectivity index (χ1) is 12.0. The van der Waals surface area contributed by atoms with Crippen LogP contribution < -0.4 is 5.32 Å². The highest BCUT2D eigenvalue weighted by molar-refractivity contribution is 6.60. The van der Waals surface area contributed by atoms with Gasteiger partial charge in [-0.3, -0.25) is 14.9 Å². The van der Waals surface area contributed by atoms with Crippen LogP contribution in [0.15, 0.2) is 30.3 Å². The van der Waals surface area contributed by atoms with Gasteiger partial charge in [-0.25, -0.2) is 0 Å². The monoisotopic (exact) mass is 359 g/mol. The molecule has 0 aromatic heterocycles. The molecule has 0 unspecified atom stereocenters. The van der Waals surface area contributed by atoms with Crippen molar-refractivity contribution in [2.45, 2.75) is 18.9 Å². The first-order valence-corrected chi connectivity index (χ1v) is 10.0. The molecule has 6 nitrogen and oxygen atoms in total. The molecule has 1 aliphatic heterocycles. The third-order valence-corrected chi connectivity index (χ3v) is 7.52. The number of nitrogens with one attached hydrogen (secondary N) is 1. The summed E-state index contributed by atoms with van der Waals surface area (Å²) in [7, 11) is 2.13. The van der Waals surface area contributed by atoms with E-state index < -0.39 is 8.80 Å². The van der Waals surface area contributed by atoms with Gasteiger partial charge in [-0.15, -0.1) is 0 Å². The van der Waals surface area contributed by atoms with E-state index in [-0.39, 0.29) is 11.8 Å². The second-order valence-corrected chi connectivity index (χ2v) is 9.03. The summed E-state index contributed by atoms with van der Waals surface area (Å²) in [6.07, 6.45) is 1.43. The Bertz CT molecular complexity index is 823. The molecule has 0 spiro atoms. The van der Waals surface area contributed by atoms with E-state index in [4.69, 9.17) is 13.3 Å². The topological polar surface area (TPSA) is 73.9 Å². The maximum absolute atomic E-state index is 12.4. The number of benzene rings is 2. The number of carbonyl (C=O) groups excluding carboxylic acids is 2. The number of hydrogen-bond acceptors (Lipinski definition) is 5.